The summed E-state index contributed by atoms with van der Waals surface area (Å²) in [7, 11) is 1.55. The maximum Gasteiger partial charge on any atom is 0.339 e. The lowest BCUT2D eigenvalue weighted by molar-refractivity contribution is -0.384. The Morgan fingerprint density at radius 3 is 2.33 bits per heavy atom. The highest BCUT2D eigenvalue weighted by molar-refractivity contribution is 5.97. The first kappa shape index (κ1) is 16.9. The summed E-state index contributed by atoms with van der Waals surface area (Å²) in [6.07, 6.45) is 0.0288. The number of nitrogens with zero attached hydrogens (tertiary/aromatic N) is 2. The monoisotopic (exact) mass is 329 g/mol. The second-order valence-corrected chi connectivity index (χ2v) is 4.77. The van der Waals surface area contributed by atoms with Gasteiger partial charge >= 0.3 is 5.97 Å². The number of nitro benzene ring substituents is 1. The van der Waals surface area contributed by atoms with Gasteiger partial charge in [-0.15, -0.1) is 0 Å². The SMILES string of the molecule is COc1ccc(CC(=O)O/N=C(/N)c2ccc([N+](=O)[O-])cc2)cc1. The van der Waals surface area contributed by atoms with E-state index < -0.39 is 10.9 Å². The van der Waals surface area contributed by atoms with Crippen LogP contribution in [0.5, 0.6) is 5.75 Å². The number of rotatable bonds is 6. The first-order valence-corrected chi connectivity index (χ1v) is 6.90. The normalized spacial score (nSPS) is 11.0. The van der Waals surface area contributed by atoms with Crippen LogP contribution in [0.15, 0.2) is 53.7 Å². The predicted octanol–water partition coefficient (Wildman–Crippen LogP) is 2.01. The predicted molar refractivity (Wildman–Crippen MR) is 86.6 cm³/mol. The molecule has 2 rings (SSSR count). The van der Waals surface area contributed by atoms with E-state index in [1.54, 1.807) is 31.4 Å². The summed E-state index contributed by atoms with van der Waals surface area (Å²) >= 11 is 0. The molecule has 8 heteroatoms. The first-order valence-electron chi connectivity index (χ1n) is 6.90. The van der Waals surface area contributed by atoms with E-state index in [0.29, 0.717) is 11.3 Å². The van der Waals surface area contributed by atoms with Crippen molar-refractivity contribution in [3.05, 3.63) is 69.8 Å². The largest absolute Gasteiger partial charge is 0.497 e. The molecule has 0 heterocycles. The van der Waals surface area contributed by atoms with Gasteiger partial charge in [0.1, 0.15) is 5.75 Å². The van der Waals surface area contributed by atoms with E-state index >= 15 is 0 Å². The zero-order valence-corrected chi connectivity index (χ0v) is 12.8. The number of carbonyl (C=O) groups is 1. The van der Waals surface area contributed by atoms with Crippen LogP contribution < -0.4 is 10.5 Å². The van der Waals surface area contributed by atoms with Crippen molar-refractivity contribution in [2.75, 3.05) is 7.11 Å². The molecule has 0 amide bonds. The number of ether oxygens (including phenoxy) is 1. The van der Waals surface area contributed by atoms with Gasteiger partial charge in [0.25, 0.3) is 5.69 Å². The fourth-order valence-corrected chi connectivity index (χ4v) is 1.85. The molecule has 0 bridgehead atoms. The molecular weight excluding hydrogens is 314 g/mol. The maximum atomic E-state index is 11.7. The highest BCUT2D eigenvalue weighted by atomic mass is 16.7. The van der Waals surface area contributed by atoms with Crippen molar-refractivity contribution in [3.8, 4) is 5.75 Å². The summed E-state index contributed by atoms with van der Waals surface area (Å²) in [5.74, 6) is 0.0607. The van der Waals surface area contributed by atoms with Crippen LogP contribution in [0.25, 0.3) is 0 Å². The number of benzene rings is 2. The van der Waals surface area contributed by atoms with Gasteiger partial charge in [-0.3, -0.25) is 10.1 Å². The van der Waals surface area contributed by atoms with Crippen LogP contribution in [0.1, 0.15) is 11.1 Å². The zero-order valence-electron chi connectivity index (χ0n) is 12.8. The number of oxime groups is 1. The average Bonchev–Trinajstić information content (AvgIpc) is 2.60. The summed E-state index contributed by atoms with van der Waals surface area (Å²) in [6, 6.07) is 12.4. The van der Waals surface area contributed by atoms with Crippen molar-refractivity contribution in [1.82, 2.24) is 0 Å². The van der Waals surface area contributed by atoms with Gasteiger partial charge in [-0.05, 0) is 29.8 Å². The van der Waals surface area contributed by atoms with Gasteiger partial charge in [-0.1, -0.05) is 17.3 Å². The fourth-order valence-electron chi connectivity index (χ4n) is 1.85. The Morgan fingerprint density at radius 1 is 1.17 bits per heavy atom. The minimum Gasteiger partial charge on any atom is -0.497 e. The molecule has 0 spiro atoms. The van der Waals surface area contributed by atoms with Gasteiger partial charge in [0.05, 0.1) is 18.5 Å². The van der Waals surface area contributed by atoms with Crippen LogP contribution in [0.3, 0.4) is 0 Å². The molecule has 0 radical (unpaired) electrons. The van der Waals surface area contributed by atoms with Crippen molar-refractivity contribution in [2.45, 2.75) is 6.42 Å². The third-order valence-electron chi connectivity index (χ3n) is 3.13. The van der Waals surface area contributed by atoms with Crippen LogP contribution >= 0.6 is 0 Å². The molecule has 0 aliphatic carbocycles. The Labute approximate surface area is 137 Å². The number of amidine groups is 1. The molecule has 124 valence electrons. The number of methoxy groups -OCH3 is 1. The Morgan fingerprint density at radius 2 is 1.79 bits per heavy atom. The lowest BCUT2D eigenvalue weighted by Crippen LogP contribution is -2.15. The van der Waals surface area contributed by atoms with E-state index in [0.717, 1.165) is 5.56 Å². The number of nitrogens with two attached hydrogens (primary N) is 1. The van der Waals surface area contributed by atoms with E-state index in [4.69, 9.17) is 15.3 Å². The molecular formula is C16H15N3O5. The van der Waals surface area contributed by atoms with E-state index in [1.165, 1.54) is 24.3 Å². The lowest BCUT2D eigenvalue weighted by Gasteiger charge is -2.03. The Balaban J connectivity index is 1.95. The van der Waals surface area contributed by atoms with Gasteiger partial charge in [-0.25, -0.2) is 4.79 Å². The van der Waals surface area contributed by atoms with Gasteiger partial charge in [0.2, 0.25) is 0 Å². The quantitative estimate of drug-likeness (QED) is 0.285. The highest BCUT2D eigenvalue weighted by Gasteiger charge is 2.08. The van der Waals surface area contributed by atoms with Crippen molar-refractivity contribution < 1.29 is 19.3 Å². The average molecular weight is 329 g/mol. The Kier molecular flexibility index (Phi) is 5.45. The minimum atomic E-state index is -0.579. The van der Waals surface area contributed by atoms with Gasteiger partial charge in [-0.2, -0.15) is 0 Å². The number of non-ortho nitro benzene ring substituents is 1. The lowest BCUT2D eigenvalue weighted by atomic mass is 10.1. The topological polar surface area (TPSA) is 117 Å². The van der Waals surface area contributed by atoms with Gasteiger partial charge < -0.3 is 15.3 Å². The molecule has 0 aromatic heterocycles. The fraction of sp³-hybridized carbons (Fsp3) is 0.125. The molecule has 0 aliphatic rings. The number of nitro groups is 1. The van der Waals surface area contributed by atoms with E-state index in [9.17, 15) is 14.9 Å². The molecule has 0 unspecified atom stereocenters. The number of hydrogen-bond acceptors (Lipinski definition) is 6. The molecule has 0 aliphatic heterocycles. The summed E-state index contributed by atoms with van der Waals surface area (Å²) in [5, 5.41) is 14.1. The van der Waals surface area contributed by atoms with Crippen molar-refractivity contribution in [3.63, 3.8) is 0 Å². The van der Waals surface area contributed by atoms with Crippen LogP contribution in [-0.2, 0) is 16.1 Å². The molecule has 0 saturated heterocycles. The van der Waals surface area contributed by atoms with Crippen LogP contribution in [0, 0.1) is 10.1 Å². The van der Waals surface area contributed by atoms with Crippen molar-refractivity contribution >= 4 is 17.5 Å². The first-order chi connectivity index (χ1) is 11.5. The second kappa shape index (κ2) is 7.73. The van der Waals surface area contributed by atoms with Gasteiger partial charge in [0, 0.05) is 17.7 Å². The van der Waals surface area contributed by atoms with Crippen LogP contribution in [0.2, 0.25) is 0 Å². The third kappa shape index (κ3) is 4.54. The van der Waals surface area contributed by atoms with E-state index in [-0.39, 0.29) is 17.9 Å². The van der Waals surface area contributed by atoms with Crippen LogP contribution in [0.4, 0.5) is 5.69 Å². The molecule has 0 fully saturated rings. The summed E-state index contributed by atoms with van der Waals surface area (Å²) < 4.78 is 5.03. The van der Waals surface area contributed by atoms with Crippen molar-refractivity contribution in [2.24, 2.45) is 10.9 Å². The molecule has 2 N–H and O–H groups in total. The van der Waals surface area contributed by atoms with Crippen LogP contribution in [-0.4, -0.2) is 23.8 Å². The maximum absolute atomic E-state index is 11.7. The highest BCUT2D eigenvalue weighted by Crippen LogP contribution is 2.13. The molecule has 24 heavy (non-hydrogen) atoms. The summed E-state index contributed by atoms with van der Waals surface area (Å²) in [6.45, 7) is 0. The number of carbonyl (C=O) groups excluding carboxylic acids is 1. The second-order valence-electron chi connectivity index (χ2n) is 4.77. The summed E-state index contributed by atoms with van der Waals surface area (Å²) in [4.78, 5) is 26.6. The number of hydrogen-bond donors (Lipinski definition) is 1. The Hall–Kier alpha value is -3.42. The standard InChI is InChI=1S/C16H15N3O5/c1-23-14-8-2-11(3-9-14)10-15(20)24-18-16(17)12-4-6-13(7-5-12)19(21)22/h2-9H,10H2,1H3,(H2,17,18). The smallest absolute Gasteiger partial charge is 0.339 e. The van der Waals surface area contributed by atoms with E-state index in [1.807, 2.05) is 0 Å². The minimum absolute atomic E-state index is 0.0288. The summed E-state index contributed by atoms with van der Waals surface area (Å²) in [5.41, 5.74) is 6.78. The van der Waals surface area contributed by atoms with E-state index in [2.05, 4.69) is 5.16 Å². The Bertz CT molecular complexity index is 754. The third-order valence-corrected chi connectivity index (χ3v) is 3.13. The molecule has 8 nitrogen and oxygen atoms in total. The molecule has 2 aromatic carbocycles. The van der Waals surface area contributed by atoms with Crippen molar-refractivity contribution in [1.29, 1.82) is 0 Å². The molecule has 0 atom stereocenters. The molecule has 2 aromatic rings. The molecule has 0 saturated carbocycles. The van der Waals surface area contributed by atoms with Gasteiger partial charge in [0.15, 0.2) is 5.84 Å². The zero-order chi connectivity index (χ0) is 17.5.